The van der Waals surface area contributed by atoms with Gasteiger partial charge in [0.05, 0.1) is 31.1 Å². The number of para-hydroxylation sites is 2. The van der Waals surface area contributed by atoms with Crippen LogP contribution in [0.15, 0.2) is 66.7 Å². The number of carbonyl (C=O) groups excluding carboxylic acids is 1. The van der Waals surface area contributed by atoms with Gasteiger partial charge in [-0.05, 0) is 79.8 Å². The zero-order chi connectivity index (χ0) is 26.0. The molecule has 1 aromatic heterocycles. The number of imidazole rings is 1. The van der Waals surface area contributed by atoms with Crippen LogP contribution >= 0.6 is 0 Å². The van der Waals surface area contributed by atoms with E-state index in [-0.39, 0.29) is 5.91 Å². The minimum absolute atomic E-state index is 0.0516. The average molecular weight is 500 g/mol. The predicted molar refractivity (Wildman–Crippen MR) is 148 cm³/mol. The summed E-state index contributed by atoms with van der Waals surface area (Å²) in [4.78, 5) is 17.1. The number of carbonyl (C=O) groups is 1. The summed E-state index contributed by atoms with van der Waals surface area (Å²) in [6.07, 6.45) is 4.29. The van der Waals surface area contributed by atoms with E-state index in [0.717, 1.165) is 66.1 Å². The van der Waals surface area contributed by atoms with Crippen molar-refractivity contribution in [2.45, 2.75) is 52.5 Å². The molecule has 3 aromatic carbocycles. The van der Waals surface area contributed by atoms with Crippen LogP contribution in [-0.2, 0) is 24.2 Å². The first-order valence-electron chi connectivity index (χ1n) is 13.1. The quantitative estimate of drug-likeness (QED) is 0.236. The molecule has 0 spiro atoms. The molecule has 194 valence electrons. The second kappa shape index (κ2) is 12.9. The van der Waals surface area contributed by atoms with Gasteiger partial charge in [0.1, 0.15) is 23.9 Å². The van der Waals surface area contributed by atoms with Gasteiger partial charge >= 0.3 is 0 Å². The number of fused-ring (bicyclic) bond motifs is 1. The summed E-state index contributed by atoms with van der Waals surface area (Å²) < 4.78 is 13.5. The molecule has 0 bridgehead atoms. The van der Waals surface area contributed by atoms with E-state index in [1.54, 1.807) is 7.11 Å². The molecular weight excluding hydrogens is 462 g/mol. The molecule has 0 atom stereocenters. The van der Waals surface area contributed by atoms with Crippen molar-refractivity contribution in [3.63, 3.8) is 0 Å². The third kappa shape index (κ3) is 7.35. The summed E-state index contributed by atoms with van der Waals surface area (Å²) in [5.74, 6) is 2.85. The van der Waals surface area contributed by atoms with Gasteiger partial charge in [-0.25, -0.2) is 4.98 Å². The number of nitrogens with one attached hydrogen (secondary N) is 1. The minimum atomic E-state index is 0.0516. The van der Waals surface area contributed by atoms with Crippen molar-refractivity contribution in [3.05, 3.63) is 89.2 Å². The van der Waals surface area contributed by atoms with Crippen LogP contribution in [-0.4, -0.2) is 35.7 Å². The van der Waals surface area contributed by atoms with Gasteiger partial charge in [0, 0.05) is 13.0 Å². The Morgan fingerprint density at radius 3 is 2.49 bits per heavy atom. The average Bonchev–Trinajstić information content (AvgIpc) is 3.26. The number of methoxy groups -OCH3 is 1. The van der Waals surface area contributed by atoms with Crippen LogP contribution in [0, 0.1) is 13.8 Å². The van der Waals surface area contributed by atoms with Gasteiger partial charge in [-0.3, -0.25) is 4.79 Å². The van der Waals surface area contributed by atoms with Crippen molar-refractivity contribution in [2.24, 2.45) is 0 Å². The molecular formula is C31H37N3O3. The van der Waals surface area contributed by atoms with Crippen molar-refractivity contribution >= 4 is 16.9 Å². The standard InChI is InChI=1S/C31H37N3O3/c1-23-12-15-27(21-24(23)2)37-20-19-34-29-10-7-6-9-28(29)33-30(34)11-5-4-8-18-32-31(35)22-25-13-16-26(36-3)17-14-25/h6-7,9-10,12-17,21H,4-5,8,11,18-20,22H2,1-3H3,(H,32,35). The van der Waals surface area contributed by atoms with E-state index in [1.165, 1.54) is 11.1 Å². The van der Waals surface area contributed by atoms with Crippen molar-refractivity contribution < 1.29 is 14.3 Å². The maximum atomic E-state index is 12.2. The molecule has 1 N–H and O–H groups in total. The first-order valence-corrected chi connectivity index (χ1v) is 13.1. The second-order valence-corrected chi connectivity index (χ2v) is 9.45. The molecule has 4 aromatic rings. The van der Waals surface area contributed by atoms with E-state index in [4.69, 9.17) is 14.5 Å². The highest BCUT2D eigenvalue weighted by Crippen LogP contribution is 2.20. The summed E-state index contributed by atoms with van der Waals surface area (Å²) >= 11 is 0. The molecule has 0 radical (unpaired) electrons. The van der Waals surface area contributed by atoms with E-state index >= 15 is 0 Å². The highest BCUT2D eigenvalue weighted by molar-refractivity contribution is 5.78. The lowest BCUT2D eigenvalue weighted by molar-refractivity contribution is -0.120. The van der Waals surface area contributed by atoms with Crippen LogP contribution in [0.5, 0.6) is 11.5 Å². The van der Waals surface area contributed by atoms with Crippen LogP contribution in [0.4, 0.5) is 0 Å². The minimum Gasteiger partial charge on any atom is -0.497 e. The molecule has 1 heterocycles. The topological polar surface area (TPSA) is 65.4 Å². The molecule has 0 aliphatic heterocycles. The lowest BCUT2D eigenvalue weighted by Crippen LogP contribution is -2.26. The molecule has 0 fully saturated rings. The van der Waals surface area contributed by atoms with E-state index in [1.807, 2.05) is 36.4 Å². The monoisotopic (exact) mass is 499 g/mol. The van der Waals surface area contributed by atoms with Crippen molar-refractivity contribution in [3.8, 4) is 11.5 Å². The zero-order valence-corrected chi connectivity index (χ0v) is 22.1. The molecule has 0 unspecified atom stereocenters. The van der Waals surface area contributed by atoms with Crippen LogP contribution in [0.1, 0.15) is 41.8 Å². The summed E-state index contributed by atoms with van der Waals surface area (Å²) in [6, 6.07) is 22.1. The van der Waals surface area contributed by atoms with Gasteiger partial charge < -0.3 is 19.4 Å². The molecule has 6 nitrogen and oxygen atoms in total. The largest absolute Gasteiger partial charge is 0.497 e. The van der Waals surface area contributed by atoms with Crippen LogP contribution < -0.4 is 14.8 Å². The van der Waals surface area contributed by atoms with Gasteiger partial charge in [0.25, 0.3) is 0 Å². The van der Waals surface area contributed by atoms with Crippen LogP contribution in [0.2, 0.25) is 0 Å². The van der Waals surface area contributed by atoms with Gasteiger partial charge in [-0.15, -0.1) is 0 Å². The summed E-state index contributed by atoms with van der Waals surface area (Å²) in [5, 5.41) is 3.03. The molecule has 6 heteroatoms. The number of aryl methyl sites for hydroxylation is 3. The number of ether oxygens (including phenoxy) is 2. The van der Waals surface area contributed by atoms with Crippen LogP contribution in [0.3, 0.4) is 0 Å². The highest BCUT2D eigenvalue weighted by Gasteiger charge is 2.11. The van der Waals surface area contributed by atoms with E-state index < -0.39 is 0 Å². The fourth-order valence-electron chi connectivity index (χ4n) is 4.43. The maximum Gasteiger partial charge on any atom is 0.224 e. The fraction of sp³-hybridized carbons (Fsp3) is 0.355. The number of hydrogen-bond donors (Lipinski definition) is 1. The molecule has 4 rings (SSSR count). The third-order valence-corrected chi connectivity index (χ3v) is 6.72. The summed E-state index contributed by atoms with van der Waals surface area (Å²) in [7, 11) is 1.64. The van der Waals surface area contributed by atoms with E-state index in [2.05, 4.69) is 54.1 Å². The normalized spacial score (nSPS) is 11.0. The second-order valence-electron chi connectivity index (χ2n) is 9.45. The van der Waals surface area contributed by atoms with E-state index in [0.29, 0.717) is 19.6 Å². The number of benzene rings is 3. The van der Waals surface area contributed by atoms with Gasteiger partial charge in [0.15, 0.2) is 0 Å². The lowest BCUT2D eigenvalue weighted by Gasteiger charge is -2.12. The van der Waals surface area contributed by atoms with Gasteiger partial charge in [0.2, 0.25) is 5.91 Å². The zero-order valence-electron chi connectivity index (χ0n) is 22.1. The van der Waals surface area contributed by atoms with E-state index in [9.17, 15) is 4.79 Å². The number of aromatic nitrogens is 2. The number of unbranched alkanes of at least 4 members (excludes halogenated alkanes) is 2. The molecule has 37 heavy (non-hydrogen) atoms. The number of rotatable bonds is 13. The first kappa shape index (κ1) is 26.3. The van der Waals surface area contributed by atoms with Gasteiger partial charge in [-0.1, -0.05) is 36.8 Å². The first-order chi connectivity index (χ1) is 18.0. The smallest absolute Gasteiger partial charge is 0.224 e. The molecule has 0 saturated carbocycles. The number of nitrogens with zero attached hydrogens (tertiary/aromatic N) is 2. The van der Waals surface area contributed by atoms with Crippen molar-refractivity contribution in [1.29, 1.82) is 0 Å². The maximum absolute atomic E-state index is 12.2. The SMILES string of the molecule is COc1ccc(CC(=O)NCCCCCc2nc3ccccc3n2CCOc2ccc(C)c(C)c2)cc1. The predicted octanol–water partition coefficient (Wildman–Crippen LogP) is 5.81. The molecule has 0 aliphatic carbocycles. The fourth-order valence-corrected chi connectivity index (χ4v) is 4.43. The highest BCUT2D eigenvalue weighted by atomic mass is 16.5. The Labute approximate surface area is 219 Å². The lowest BCUT2D eigenvalue weighted by atomic mass is 10.1. The Bertz CT molecular complexity index is 1310. The summed E-state index contributed by atoms with van der Waals surface area (Å²) in [6.45, 7) is 6.25. The Morgan fingerprint density at radius 2 is 1.70 bits per heavy atom. The molecule has 0 saturated heterocycles. The van der Waals surface area contributed by atoms with Crippen molar-refractivity contribution in [2.75, 3.05) is 20.3 Å². The Morgan fingerprint density at radius 1 is 0.919 bits per heavy atom. The van der Waals surface area contributed by atoms with Crippen molar-refractivity contribution in [1.82, 2.24) is 14.9 Å². The third-order valence-electron chi connectivity index (χ3n) is 6.72. The number of hydrogen-bond acceptors (Lipinski definition) is 4. The number of amides is 1. The summed E-state index contributed by atoms with van der Waals surface area (Å²) in [5.41, 5.74) is 5.66. The molecule has 0 aliphatic rings. The van der Waals surface area contributed by atoms with Crippen LogP contribution in [0.25, 0.3) is 11.0 Å². The van der Waals surface area contributed by atoms with Gasteiger partial charge in [-0.2, -0.15) is 0 Å². The Balaban J connectivity index is 1.23. The molecule has 1 amide bonds. The Kier molecular flexibility index (Phi) is 9.19. The Hall–Kier alpha value is -3.80.